The molecule has 4 rings (SSSR count). The molecule has 1 amide bonds. The summed E-state index contributed by atoms with van der Waals surface area (Å²) in [5, 5.41) is 0. The zero-order valence-electron chi connectivity index (χ0n) is 14.8. The lowest BCUT2D eigenvalue weighted by atomic mass is 9.95. The van der Waals surface area contributed by atoms with Crippen LogP contribution in [0.2, 0.25) is 0 Å². The van der Waals surface area contributed by atoms with Crippen molar-refractivity contribution < 1.29 is 9.18 Å². The number of nitrogens with zero attached hydrogens (tertiary/aromatic N) is 5. The Labute approximate surface area is 156 Å². The molecule has 0 saturated carbocycles. The number of rotatable bonds is 4. The highest BCUT2D eigenvalue weighted by molar-refractivity contribution is 5.93. The number of aromatic nitrogens is 4. The molecule has 3 aromatic rings. The molecule has 6 nitrogen and oxygen atoms in total. The average Bonchev–Trinajstić information content (AvgIpc) is 3.16. The second-order valence-corrected chi connectivity index (χ2v) is 6.69. The number of halogens is 1. The van der Waals surface area contributed by atoms with Gasteiger partial charge in [0.15, 0.2) is 0 Å². The molecule has 0 spiro atoms. The van der Waals surface area contributed by atoms with Gasteiger partial charge in [-0.2, -0.15) is 0 Å². The maximum absolute atomic E-state index is 13.3. The fourth-order valence-electron chi connectivity index (χ4n) is 3.53. The van der Waals surface area contributed by atoms with Crippen LogP contribution in [0.3, 0.4) is 0 Å². The van der Waals surface area contributed by atoms with E-state index in [2.05, 4.69) is 19.5 Å². The molecular weight excluding hydrogens is 345 g/mol. The van der Waals surface area contributed by atoms with Gasteiger partial charge in [-0.1, -0.05) is 6.07 Å². The Kier molecular flexibility index (Phi) is 4.91. The molecule has 7 heteroatoms. The van der Waals surface area contributed by atoms with E-state index in [0.717, 1.165) is 30.6 Å². The summed E-state index contributed by atoms with van der Waals surface area (Å²) in [6.45, 7) is 1.93. The first-order valence-corrected chi connectivity index (χ1v) is 9.01. The SMILES string of the molecule is O=C(c1cncc(F)c1)N1CCC(c2nccn2Cc2ccccn2)CC1. The highest BCUT2D eigenvalue weighted by Gasteiger charge is 2.27. The minimum atomic E-state index is -0.493. The summed E-state index contributed by atoms with van der Waals surface area (Å²) in [5.41, 5.74) is 1.29. The molecule has 0 aromatic carbocycles. The minimum Gasteiger partial charge on any atom is -0.339 e. The number of hydrogen-bond acceptors (Lipinski definition) is 4. The maximum atomic E-state index is 13.3. The molecule has 0 radical (unpaired) electrons. The third-order valence-electron chi connectivity index (χ3n) is 4.91. The zero-order valence-corrected chi connectivity index (χ0v) is 14.8. The largest absolute Gasteiger partial charge is 0.339 e. The first-order valence-electron chi connectivity index (χ1n) is 9.01. The highest BCUT2D eigenvalue weighted by Crippen LogP contribution is 2.28. The summed E-state index contributed by atoms with van der Waals surface area (Å²) in [5.74, 6) is 0.656. The van der Waals surface area contributed by atoms with Gasteiger partial charge in [-0.3, -0.25) is 14.8 Å². The maximum Gasteiger partial charge on any atom is 0.255 e. The molecule has 0 unspecified atom stereocenters. The zero-order chi connectivity index (χ0) is 18.6. The fourth-order valence-corrected chi connectivity index (χ4v) is 3.53. The van der Waals surface area contributed by atoms with Crippen molar-refractivity contribution >= 4 is 5.91 Å². The van der Waals surface area contributed by atoms with Crippen molar-refractivity contribution in [3.8, 4) is 0 Å². The lowest BCUT2D eigenvalue weighted by Crippen LogP contribution is -2.38. The molecule has 1 fully saturated rings. The minimum absolute atomic E-state index is 0.169. The van der Waals surface area contributed by atoms with Crippen LogP contribution in [0, 0.1) is 5.82 Å². The van der Waals surface area contributed by atoms with E-state index in [-0.39, 0.29) is 5.91 Å². The smallest absolute Gasteiger partial charge is 0.255 e. The summed E-state index contributed by atoms with van der Waals surface area (Å²) < 4.78 is 15.4. The van der Waals surface area contributed by atoms with Crippen molar-refractivity contribution in [3.05, 3.63) is 78.1 Å². The molecule has 0 bridgehead atoms. The van der Waals surface area contributed by atoms with Gasteiger partial charge in [-0.05, 0) is 31.0 Å². The monoisotopic (exact) mass is 365 g/mol. The van der Waals surface area contributed by atoms with Crippen molar-refractivity contribution in [1.29, 1.82) is 0 Å². The predicted octanol–water partition coefficient (Wildman–Crippen LogP) is 2.88. The third kappa shape index (κ3) is 3.86. The average molecular weight is 365 g/mol. The molecule has 0 aliphatic carbocycles. The molecule has 1 aliphatic heterocycles. The Balaban J connectivity index is 1.41. The van der Waals surface area contributed by atoms with E-state index in [1.54, 1.807) is 11.1 Å². The Hall–Kier alpha value is -3.09. The van der Waals surface area contributed by atoms with E-state index in [4.69, 9.17) is 0 Å². The summed E-state index contributed by atoms with van der Waals surface area (Å²) in [7, 11) is 0. The lowest BCUT2D eigenvalue weighted by molar-refractivity contribution is 0.0709. The number of hydrogen-bond donors (Lipinski definition) is 0. The normalized spacial score (nSPS) is 15.1. The van der Waals surface area contributed by atoms with Crippen LogP contribution in [0.4, 0.5) is 4.39 Å². The molecule has 1 aliphatic rings. The van der Waals surface area contributed by atoms with Crippen LogP contribution in [0.15, 0.2) is 55.2 Å². The van der Waals surface area contributed by atoms with E-state index in [1.807, 2.05) is 30.6 Å². The molecule has 4 heterocycles. The van der Waals surface area contributed by atoms with Crippen LogP contribution in [-0.4, -0.2) is 43.4 Å². The van der Waals surface area contributed by atoms with Crippen LogP contribution < -0.4 is 0 Å². The molecule has 27 heavy (non-hydrogen) atoms. The van der Waals surface area contributed by atoms with Crippen LogP contribution in [0.25, 0.3) is 0 Å². The predicted molar refractivity (Wildman–Crippen MR) is 97.6 cm³/mol. The van der Waals surface area contributed by atoms with Gasteiger partial charge in [0.25, 0.3) is 5.91 Å². The first kappa shape index (κ1) is 17.3. The van der Waals surface area contributed by atoms with Crippen molar-refractivity contribution in [2.45, 2.75) is 25.3 Å². The van der Waals surface area contributed by atoms with Crippen LogP contribution >= 0.6 is 0 Å². The summed E-state index contributed by atoms with van der Waals surface area (Å²) in [6, 6.07) is 7.11. The number of piperidine rings is 1. The van der Waals surface area contributed by atoms with Gasteiger partial charge in [0.2, 0.25) is 0 Å². The van der Waals surface area contributed by atoms with E-state index in [9.17, 15) is 9.18 Å². The molecule has 3 aromatic heterocycles. The van der Waals surface area contributed by atoms with Crippen molar-refractivity contribution in [3.63, 3.8) is 0 Å². The number of amides is 1. The van der Waals surface area contributed by atoms with Crippen LogP contribution in [-0.2, 0) is 6.54 Å². The lowest BCUT2D eigenvalue weighted by Gasteiger charge is -2.32. The summed E-state index contributed by atoms with van der Waals surface area (Å²) in [4.78, 5) is 27.0. The Morgan fingerprint density at radius 1 is 1.15 bits per heavy atom. The second kappa shape index (κ2) is 7.65. The van der Waals surface area contributed by atoms with Crippen molar-refractivity contribution in [1.82, 2.24) is 24.4 Å². The van der Waals surface area contributed by atoms with Gasteiger partial charge in [0.05, 0.1) is 24.0 Å². The van der Waals surface area contributed by atoms with Gasteiger partial charge >= 0.3 is 0 Å². The number of carbonyl (C=O) groups is 1. The van der Waals surface area contributed by atoms with Gasteiger partial charge in [0, 0.05) is 43.8 Å². The van der Waals surface area contributed by atoms with Crippen molar-refractivity contribution in [2.24, 2.45) is 0 Å². The number of likely N-dealkylation sites (tertiary alicyclic amines) is 1. The fraction of sp³-hybridized carbons (Fsp3) is 0.300. The van der Waals surface area contributed by atoms with Crippen LogP contribution in [0.1, 0.15) is 40.6 Å². The second-order valence-electron chi connectivity index (χ2n) is 6.69. The van der Waals surface area contributed by atoms with E-state index < -0.39 is 5.82 Å². The van der Waals surface area contributed by atoms with Gasteiger partial charge in [0.1, 0.15) is 11.6 Å². The Bertz CT molecular complexity index is 919. The van der Waals surface area contributed by atoms with E-state index in [1.165, 1.54) is 12.3 Å². The van der Waals surface area contributed by atoms with E-state index >= 15 is 0 Å². The molecular formula is C20H20FN5O. The van der Waals surface area contributed by atoms with Crippen molar-refractivity contribution in [2.75, 3.05) is 13.1 Å². The molecule has 0 atom stereocenters. The standard InChI is InChI=1S/C20H20FN5O/c21-17-11-16(12-22-13-17)20(27)25-8-4-15(5-9-25)19-24-7-10-26(19)14-18-3-1-2-6-23-18/h1-3,6-7,10-13,15H,4-5,8-9,14H2. The Morgan fingerprint density at radius 2 is 2.00 bits per heavy atom. The molecule has 138 valence electrons. The number of pyridine rings is 2. The third-order valence-corrected chi connectivity index (χ3v) is 4.91. The quantitative estimate of drug-likeness (QED) is 0.713. The number of carbonyl (C=O) groups excluding carboxylic acids is 1. The number of imidazole rings is 1. The molecule has 0 N–H and O–H groups in total. The topological polar surface area (TPSA) is 63.9 Å². The summed E-state index contributed by atoms with van der Waals surface area (Å²) in [6.07, 6.45) is 9.74. The summed E-state index contributed by atoms with van der Waals surface area (Å²) >= 11 is 0. The Morgan fingerprint density at radius 3 is 2.74 bits per heavy atom. The van der Waals surface area contributed by atoms with Gasteiger partial charge in [-0.15, -0.1) is 0 Å². The molecule has 1 saturated heterocycles. The van der Waals surface area contributed by atoms with Crippen LogP contribution in [0.5, 0.6) is 0 Å². The van der Waals surface area contributed by atoms with Gasteiger partial charge < -0.3 is 9.47 Å². The van der Waals surface area contributed by atoms with Gasteiger partial charge in [-0.25, -0.2) is 9.37 Å². The van der Waals surface area contributed by atoms with E-state index in [0.29, 0.717) is 31.1 Å². The first-order chi connectivity index (χ1) is 13.2. The highest BCUT2D eigenvalue weighted by atomic mass is 19.1.